The quantitative estimate of drug-likeness (QED) is 0.735. The number of carbonyl (C=O) groups excluding carboxylic acids is 1. The molecule has 0 aliphatic heterocycles. The number of carbonyl (C=O) groups is 1. The van der Waals surface area contributed by atoms with Gasteiger partial charge in [-0.25, -0.2) is 0 Å². The van der Waals surface area contributed by atoms with E-state index in [1.54, 1.807) is 0 Å². The molecule has 14 heavy (non-hydrogen) atoms. The number of hydrogen-bond donors (Lipinski definition) is 1. The van der Waals surface area contributed by atoms with Gasteiger partial charge >= 0.3 is 0 Å². The first kappa shape index (κ1) is 9.51. The summed E-state index contributed by atoms with van der Waals surface area (Å²) in [4.78, 5) is 11.7. The highest BCUT2D eigenvalue weighted by molar-refractivity contribution is 5.79. The third-order valence-electron chi connectivity index (χ3n) is 3.49. The molecule has 3 nitrogen and oxygen atoms in total. The fourth-order valence-electron chi connectivity index (χ4n) is 2.44. The second-order valence-electron chi connectivity index (χ2n) is 4.52. The van der Waals surface area contributed by atoms with Crippen LogP contribution in [0.1, 0.15) is 32.6 Å². The Bertz CT molecular complexity index is 272. The molecular formula is C11H16N2O. The highest BCUT2D eigenvalue weighted by Crippen LogP contribution is 2.54. The van der Waals surface area contributed by atoms with Crippen LogP contribution in [0.2, 0.25) is 0 Å². The molecular weight excluding hydrogens is 176 g/mol. The Labute approximate surface area is 84.5 Å². The fraction of sp³-hybridized carbons (Fsp3) is 0.818. The minimum absolute atomic E-state index is 0.102. The minimum atomic E-state index is -0.292. The van der Waals surface area contributed by atoms with Crippen LogP contribution in [0.3, 0.4) is 0 Å². The van der Waals surface area contributed by atoms with Gasteiger partial charge in [0, 0.05) is 5.92 Å². The number of nitrogens with zero attached hydrogens (tertiary/aromatic N) is 1. The second-order valence-corrected chi connectivity index (χ2v) is 4.52. The molecule has 3 heteroatoms. The topological polar surface area (TPSA) is 52.9 Å². The maximum atomic E-state index is 11.7. The van der Waals surface area contributed by atoms with E-state index in [2.05, 4.69) is 11.4 Å². The van der Waals surface area contributed by atoms with Gasteiger partial charge in [0.15, 0.2) is 0 Å². The van der Waals surface area contributed by atoms with Crippen LogP contribution in [0.4, 0.5) is 0 Å². The normalized spacial score (nSPS) is 35.6. The highest BCUT2D eigenvalue weighted by Gasteiger charge is 2.48. The first-order valence-electron chi connectivity index (χ1n) is 5.44. The Hall–Kier alpha value is -1.04. The molecule has 0 saturated heterocycles. The van der Waals surface area contributed by atoms with Crippen LogP contribution in [0.15, 0.2) is 0 Å². The molecule has 2 rings (SSSR count). The molecule has 76 valence electrons. The molecule has 0 aromatic carbocycles. The molecule has 0 heterocycles. The maximum absolute atomic E-state index is 11.7. The van der Waals surface area contributed by atoms with E-state index in [0.29, 0.717) is 6.42 Å². The zero-order valence-electron chi connectivity index (χ0n) is 8.49. The summed E-state index contributed by atoms with van der Waals surface area (Å²) in [6.45, 7) is 1.92. The van der Waals surface area contributed by atoms with Crippen LogP contribution in [-0.4, -0.2) is 11.9 Å². The third kappa shape index (κ3) is 1.75. The van der Waals surface area contributed by atoms with E-state index in [0.717, 1.165) is 24.7 Å². The standard InChI is InChI=1S/C11H16N2O/c1-2-10(6-12)13-11(14)9-4-7-3-8(7)5-9/h7-10H,2-5H2,1H3,(H,13,14). The van der Waals surface area contributed by atoms with Crippen molar-refractivity contribution in [1.82, 2.24) is 5.32 Å². The number of nitrogens with one attached hydrogen (secondary N) is 1. The van der Waals surface area contributed by atoms with Crippen molar-refractivity contribution >= 4 is 5.91 Å². The van der Waals surface area contributed by atoms with E-state index in [1.165, 1.54) is 6.42 Å². The summed E-state index contributed by atoms with van der Waals surface area (Å²) in [6.07, 6.45) is 4.14. The molecule has 2 fully saturated rings. The average molecular weight is 192 g/mol. The predicted octanol–water partition coefficient (Wildman–Crippen LogP) is 1.45. The van der Waals surface area contributed by atoms with Crippen molar-refractivity contribution in [3.63, 3.8) is 0 Å². The Balaban J connectivity index is 1.81. The second kappa shape index (κ2) is 3.61. The van der Waals surface area contributed by atoms with Gasteiger partial charge in [-0.1, -0.05) is 6.92 Å². The first-order valence-corrected chi connectivity index (χ1v) is 5.44. The lowest BCUT2D eigenvalue weighted by molar-refractivity contribution is -0.125. The predicted molar refractivity (Wildman–Crippen MR) is 52.2 cm³/mol. The van der Waals surface area contributed by atoms with Gasteiger partial charge in [-0.15, -0.1) is 0 Å². The van der Waals surface area contributed by atoms with Crippen LogP contribution >= 0.6 is 0 Å². The Kier molecular flexibility index (Phi) is 2.45. The fourth-order valence-corrected chi connectivity index (χ4v) is 2.44. The van der Waals surface area contributed by atoms with E-state index in [9.17, 15) is 4.79 Å². The largest absolute Gasteiger partial charge is 0.340 e. The van der Waals surface area contributed by atoms with Crippen LogP contribution < -0.4 is 5.32 Å². The number of hydrogen-bond acceptors (Lipinski definition) is 2. The van der Waals surface area contributed by atoms with Crippen molar-refractivity contribution in [1.29, 1.82) is 5.26 Å². The van der Waals surface area contributed by atoms with Gasteiger partial charge in [-0.3, -0.25) is 4.79 Å². The summed E-state index contributed by atoms with van der Waals surface area (Å²) in [5.74, 6) is 1.95. The van der Waals surface area contributed by atoms with E-state index >= 15 is 0 Å². The molecule has 0 bridgehead atoms. The first-order chi connectivity index (χ1) is 6.74. The summed E-state index contributed by atoms with van der Waals surface area (Å²) in [5, 5.41) is 11.5. The smallest absolute Gasteiger partial charge is 0.224 e. The maximum Gasteiger partial charge on any atom is 0.224 e. The van der Waals surface area contributed by atoms with E-state index in [1.807, 2.05) is 6.92 Å². The van der Waals surface area contributed by atoms with Gasteiger partial charge in [0.2, 0.25) is 5.91 Å². The lowest BCUT2D eigenvalue weighted by Gasteiger charge is -2.14. The van der Waals surface area contributed by atoms with Crippen molar-refractivity contribution in [2.45, 2.75) is 38.6 Å². The molecule has 0 aromatic heterocycles. The van der Waals surface area contributed by atoms with Crippen LogP contribution in [-0.2, 0) is 4.79 Å². The van der Waals surface area contributed by atoms with Crippen LogP contribution in [0.25, 0.3) is 0 Å². The summed E-state index contributed by atoms with van der Waals surface area (Å²) in [6, 6.07) is 1.80. The zero-order chi connectivity index (χ0) is 10.1. The zero-order valence-corrected chi connectivity index (χ0v) is 8.49. The van der Waals surface area contributed by atoms with Gasteiger partial charge in [0.05, 0.1) is 6.07 Å². The molecule has 0 aromatic rings. The van der Waals surface area contributed by atoms with Crippen molar-refractivity contribution in [2.24, 2.45) is 17.8 Å². The van der Waals surface area contributed by atoms with Gasteiger partial charge in [0.25, 0.3) is 0 Å². The van der Waals surface area contributed by atoms with Crippen molar-refractivity contribution < 1.29 is 4.79 Å². The Morgan fingerprint density at radius 3 is 2.64 bits per heavy atom. The van der Waals surface area contributed by atoms with Crippen molar-refractivity contribution in [3.8, 4) is 6.07 Å². The van der Waals surface area contributed by atoms with E-state index < -0.39 is 0 Å². The molecule has 3 atom stereocenters. The van der Waals surface area contributed by atoms with E-state index in [-0.39, 0.29) is 17.9 Å². The summed E-state index contributed by atoms with van der Waals surface area (Å²) >= 11 is 0. The molecule has 0 radical (unpaired) electrons. The molecule has 2 saturated carbocycles. The van der Waals surface area contributed by atoms with Gasteiger partial charge in [-0.05, 0) is 37.5 Å². The Morgan fingerprint density at radius 2 is 2.14 bits per heavy atom. The summed E-state index contributed by atoms with van der Waals surface area (Å²) in [5.41, 5.74) is 0. The van der Waals surface area contributed by atoms with E-state index in [4.69, 9.17) is 5.26 Å². The third-order valence-corrected chi connectivity index (χ3v) is 3.49. The number of rotatable bonds is 3. The molecule has 2 aliphatic carbocycles. The molecule has 3 unspecified atom stereocenters. The monoisotopic (exact) mass is 192 g/mol. The number of nitriles is 1. The molecule has 2 aliphatic rings. The van der Waals surface area contributed by atoms with Gasteiger partial charge in [0.1, 0.15) is 6.04 Å². The van der Waals surface area contributed by atoms with Crippen LogP contribution in [0.5, 0.6) is 0 Å². The van der Waals surface area contributed by atoms with Crippen molar-refractivity contribution in [2.75, 3.05) is 0 Å². The summed E-state index contributed by atoms with van der Waals surface area (Å²) < 4.78 is 0. The Morgan fingerprint density at radius 1 is 1.50 bits per heavy atom. The molecule has 0 spiro atoms. The van der Waals surface area contributed by atoms with Gasteiger partial charge < -0.3 is 5.32 Å². The highest BCUT2D eigenvalue weighted by atomic mass is 16.1. The minimum Gasteiger partial charge on any atom is -0.340 e. The average Bonchev–Trinajstić information content (AvgIpc) is 2.82. The molecule has 1 N–H and O–H groups in total. The lowest BCUT2D eigenvalue weighted by Crippen LogP contribution is -2.37. The lowest BCUT2D eigenvalue weighted by atomic mass is 10.0. The van der Waals surface area contributed by atoms with Crippen LogP contribution in [0, 0.1) is 29.1 Å². The summed E-state index contributed by atoms with van der Waals surface area (Å²) in [7, 11) is 0. The molecule has 1 amide bonds. The SMILES string of the molecule is CCC(C#N)NC(=O)C1CC2CC2C1. The van der Waals surface area contributed by atoms with Gasteiger partial charge in [-0.2, -0.15) is 5.26 Å². The van der Waals surface area contributed by atoms with Crippen molar-refractivity contribution in [3.05, 3.63) is 0 Å². The number of amides is 1. The number of fused-ring (bicyclic) bond motifs is 1.